The van der Waals surface area contributed by atoms with Crippen molar-refractivity contribution in [3.8, 4) is 0 Å². The fraction of sp³-hybridized carbons (Fsp3) is 0.889. The van der Waals surface area contributed by atoms with Crippen molar-refractivity contribution in [2.45, 2.75) is 82.7 Å². The predicted octanol–water partition coefficient (Wildman–Crippen LogP) is 2.18. The average Bonchev–Trinajstić information content (AvgIpc) is 2.93. The lowest BCUT2D eigenvalue weighted by atomic mass is 10.1. The van der Waals surface area contributed by atoms with E-state index in [4.69, 9.17) is 14.6 Å². The van der Waals surface area contributed by atoms with E-state index in [1.54, 1.807) is 0 Å². The Balaban J connectivity index is 1.95. The minimum atomic E-state index is -1.05. The van der Waals surface area contributed by atoms with Gasteiger partial charge in [0, 0.05) is 6.61 Å². The van der Waals surface area contributed by atoms with Gasteiger partial charge in [-0.1, -0.05) is 44.8 Å². The van der Waals surface area contributed by atoms with E-state index in [1.807, 2.05) is 0 Å². The van der Waals surface area contributed by atoms with E-state index in [-0.39, 0.29) is 6.61 Å². The summed E-state index contributed by atoms with van der Waals surface area (Å²) in [6, 6.07) is 0. The third kappa shape index (κ3) is 8.27. The topological polar surface area (TPSA) is 79.2 Å². The Labute approximate surface area is 140 Å². The molecule has 3 N–H and O–H groups in total. The van der Waals surface area contributed by atoms with Gasteiger partial charge in [0.25, 0.3) is 0 Å². The van der Waals surface area contributed by atoms with Crippen molar-refractivity contribution in [1.29, 1.82) is 0 Å². The van der Waals surface area contributed by atoms with Crippen molar-refractivity contribution in [1.82, 2.24) is 0 Å². The smallest absolute Gasteiger partial charge is 0.114 e. The van der Waals surface area contributed by atoms with Crippen molar-refractivity contribution >= 4 is 0 Å². The Kier molecular flexibility index (Phi) is 11.5. The molecular weight excluding hydrogens is 296 g/mol. The predicted molar refractivity (Wildman–Crippen MR) is 90.3 cm³/mol. The fourth-order valence-electron chi connectivity index (χ4n) is 2.74. The van der Waals surface area contributed by atoms with E-state index in [1.165, 1.54) is 38.5 Å². The van der Waals surface area contributed by atoms with Gasteiger partial charge in [-0.3, -0.25) is 0 Å². The zero-order chi connectivity index (χ0) is 16.9. The van der Waals surface area contributed by atoms with Crippen LogP contribution in [0.5, 0.6) is 0 Å². The number of allylic oxidation sites excluding steroid dienone is 2. The summed E-state index contributed by atoms with van der Waals surface area (Å²) in [7, 11) is 0. The lowest BCUT2D eigenvalue weighted by molar-refractivity contribution is -0.0730. The number of aliphatic hydroxyl groups excluding tert-OH is 3. The van der Waals surface area contributed by atoms with Gasteiger partial charge in [-0.25, -0.2) is 0 Å². The van der Waals surface area contributed by atoms with E-state index in [2.05, 4.69) is 19.1 Å². The maximum atomic E-state index is 9.98. The molecule has 0 spiro atoms. The van der Waals surface area contributed by atoms with Crippen LogP contribution in [0.3, 0.4) is 0 Å². The first-order chi connectivity index (χ1) is 11.2. The Hall–Kier alpha value is -0.460. The molecule has 4 atom stereocenters. The van der Waals surface area contributed by atoms with Gasteiger partial charge in [-0.2, -0.15) is 0 Å². The summed E-state index contributed by atoms with van der Waals surface area (Å²) in [4.78, 5) is 0. The molecule has 1 heterocycles. The Morgan fingerprint density at radius 1 is 1.13 bits per heavy atom. The second-order valence-electron chi connectivity index (χ2n) is 6.26. The van der Waals surface area contributed by atoms with E-state index in [9.17, 15) is 10.2 Å². The number of aliphatic hydroxyl groups is 3. The lowest BCUT2D eigenvalue weighted by Gasteiger charge is -2.20. The molecular formula is C18H34O5. The molecule has 5 nitrogen and oxygen atoms in total. The lowest BCUT2D eigenvalue weighted by Crippen LogP contribution is -2.41. The SMILES string of the molecule is CCC/C=C/CCCCCCCO[C@H]1CO[C@@H]([C@H](O)CO)[C@H]1O. The first-order valence-electron chi connectivity index (χ1n) is 9.05. The summed E-state index contributed by atoms with van der Waals surface area (Å²) in [5.41, 5.74) is 0. The van der Waals surface area contributed by atoms with Crippen LogP contribution in [0.25, 0.3) is 0 Å². The first-order valence-corrected chi connectivity index (χ1v) is 9.05. The maximum absolute atomic E-state index is 9.98. The van der Waals surface area contributed by atoms with E-state index >= 15 is 0 Å². The van der Waals surface area contributed by atoms with Crippen LogP contribution < -0.4 is 0 Å². The molecule has 1 saturated heterocycles. The molecule has 5 heteroatoms. The van der Waals surface area contributed by atoms with Crippen LogP contribution in [0.15, 0.2) is 12.2 Å². The molecule has 0 radical (unpaired) electrons. The second kappa shape index (κ2) is 12.9. The Morgan fingerprint density at radius 2 is 1.83 bits per heavy atom. The second-order valence-corrected chi connectivity index (χ2v) is 6.26. The van der Waals surface area contributed by atoms with Crippen molar-refractivity contribution in [2.75, 3.05) is 19.8 Å². The molecule has 0 aromatic rings. The first kappa shape index (κ1) is 20.6. The zero-order valence-electron chi connectivity index (χ0n) is 14.4. The minimum absolute atomic E-state index is 0.271. The summed E-state index contributed by atoms with van der Waals surface area (Å²) < 4.78 is 10.9. The van der Waals surface area contributed by atoms with Crippen molar-refractivity contribution in [3.63, 3.8) is 0 Å². The molecule has 23 heavy (non-hydrogen) atoms. The Morgan fingerprint density at radius 3 is 2.57 bits per heavy atom. The van der Waals surface area contributed by atoms with E-state index < -0.39 is 31.0 Å². The highest BCUT2D eigenvalue weighted by molar-refractivity contribution is 4.88. The monoisotopic (exact) mass is 330 g/mol. The summed E-state index contributed by atoms with van der Waals surface area (Å²) in [6.45, 7) is 2.65. The quantitative estimate of drug-likeness (QED) is 0.356. The summed E-state index contributed by atoms with van der Waals surface area (Å²) >= 11 is 0. The standard InChI is InChI=1S/C18H34O5/c1-2-3-4-5-6-7-8-9-10-11-12-22-16-14-23-18(17(16)21)15(20)13-19/h4-5,15-21H,2-3,6-14H2,1H3/b5-4+/t15-,16+,17+,18+/m1/s1. The van der Waals surface area contributed by atoms with Crippen molar-refractivity contribution < 1.29 is 24.8 Å². The van der Waals surface area contributed by atoms with Crippen LogP contribution in [0.1, 0.15) is 58.3 Å². The number of hydrogen-bond acceptors (Lipinski definition) is 5. The molecule has 0 unspecified atom stereocenters. The molecule has 1 fully saturated rings. The zero-order valence-corrected chi connectivity index (χ0v) is 14.4. The third-order valence-electron chi connectivity index (χ3n) is 4.21. The van der Waals surface area contributed by atoms with Gasteiger partial charge in [0.1, 0.15) is 24.4 Å². The highest BCUT2D eigenvalue weighted by Gasteiger charge is 2.40. The van der Waals surface area contributed by atoms with Crippen molar-refractivity contribution in [3.05, 3.63) is 12.2 Å². The molecule has 0 amide bonds. The molecule has 1 aliphatic heterocycles. The average molecular weight is 330 g/mol. The highest BCUT2D eigenvalue weighted by atomic mass is 16.6. The van der Waals surface area contributed by atoms with Crippen LogP contribution in [0, 0.1) is 0 Å². The molecule has 136 valence electrons. The van der Waals surface area contributed by atoms with Crippen molar-refractivity contribution in [2.24, 2.45) is 0 Å². The number of ether oxygens (including phenoxy) is 2. The number of unbranched alkanes of at least 4 members (excludes halogenated alkanes) is 6. The van der Waals surface area contributed by atoms with Gasteiger partial charge >= 0.3 is 0 Å². The van der Waals surface area contributed by atoms with E-state index in [0.717, 1.165) is 12.8 Å². The van der Waals surface area contributed by atoms with Crippen LogP contribution in [-0.2, 0) is 9.47 Å². The summed E-state index contributed by atoms with van der Waals surface area (Å²) in [6.07, 6.45) is 10.9. The van der Waals surface area contributed by atoms with Crippen LogP contribution in [0.4, 0.5) is 0 Å². The van der Waals surface area contributed by atoms with Gasteiger partial charge < -0.3 is 24.8 Å². The van der Waals surface area contributed by atoms with Gasteiger partial charge in [-0.15, -0.1) is 0 Å². The fourth-order valence-corrected chi connectivity index (χ4v) is 2.74. The van der Waals surface area contributed by atoms with Crippen LogP contribution in [0.2, 0.25) is 0 Å². The molecule has 0 aliphatic carbocycles. The van der Waals surface area contributed by atoms with Gasteiger partial charge in [0.15, 0.2) is 0 Å². The largest absolute Gasteiger partial charge is 0.394 e. The summed E-state index contributed by atoms with van der Waals surface area (Å²) in [5, 5.41) is 28.4. The molecule has 0 bridgehead atoms. The van der Waals surface area contributed by atoms with Gasteiger partial charge in [-0.05, 0) is 25.7 Å². The molecule has 1 rings (SSSR count). The van der Waals surface area contributed by atoms with Crippen LogP contribution in [-0.4, -0.2) is 59.6 Å². The molecule has 0 aromatic carbocycles. The maximum Gasteiger partial charge on any atom is 0.114 e. The van der Waals surface area contributed by atoms with Crippen LogP contribution >= 0.6 is 0 Å². The molecule has 1 aliphatic rings. The Bertz CT molecular complexity index is 308. The number of hydrogen-bond donors (Lipinski definition) is 3. The van der Waals surface area contributed by atoms with Gasteiger partial charge in [0.05, 0.1) is 13.2 Å². The third-order valence-corrected chi connectivity index (χ3v) is 4.21. The molecule has 0 aromatic heterocycles. The highest BCUT2D eigenvalue weighted by Crippen LogP contribution is 2.20. The normalized spacial score (nSPS) is 26.2. The van der Waals surface area contributed by atoms with Gasteiger partial charge in [0.2, 0.25) is 0 Å². The summed E-state index contributed by atoms with van der Waals surface area (Å²) in [5.74, 6) is 0. The van der Waals surface area contributed by atoms with E-state index in [0.29, 0.717) is 6.61 Å². The minimum Gasteiger partial charge on any atom is -0.394 e. The number of rotatable bonds is 13. The molecule has 0 saturated carbocycles.